The number of hydrogen-bond donors (Lipinski definition) is 1. The van der Waals surface area contributed by atoms with Crippen LogP contribution in [0.3, 0.4) is 0 Å². The lowest BCUT2D eigenvalue weighted by molar-refractivity contribution is 0.403. The zero-order valence-corrected chi connectivity index (χ0v) is 9.05. The molecule has 76 valence electrons. The lowest BCUT2D eigenvalue weighted by Crippen LogP contribution is -2.32. The monoisotopic (exact) mass is 181 g/mol. The standard InChI is InChI=1S/C12H23N/c1-3-6-13-12(8-10-4-5-10)11-7-9(11)2/h9-13H,3-8H2,1-2H3. The SMILES string of the molecule is CCCNC(CC1CC1)C1CC1C. The molecule has 3 unspecified atom stereocenters. The molecular formula is C12H23N. The summed E-state index contributed by atoms with van der Waals surface area (Å²) < 4.78 is 0. The Kier molecular flexibility index (Phi) is 2.92. The minimum Gasteiger partial charge on any atom is -0.314 e. The summed E-state index contributed by atoms with van der Waals surface area (Å²) in [7, 11) is 0. The number of nitrogens with one attached hydrogen (secondary N) is 1. The van der Waals surface area contributed by atoms with Crippen LogP contribution in [0.2, 0.25) is 0 Å². The van der Waals surface area contributed by atoms with Crippen LogP contribution in [0.15, 0.2) is 0 Å². The molecule has 0 spiro atoms. The Morgan fingerprint density at radius 3 is 2.54 bits per heavy atom. The van der Waals surface area contributed by atoms with E-state index in [0.717, 1.165) is 23.8 Å². The smallest absolute Gasteiger partial charge is 0.0101 e. The zero-order chi connectivity index (χ0) is 9.26. The molecule has 0 bridgehead atoms. The molecular weight excluding hydrogens is 158 g/mol. The second-order valence-electron chi connectivity index (χ2n) is 5.12. The van der Waals surface area contributed by atoms with Gasteiger partial charge in [0.2, 0.25) is 0 Å². The maximum absolute atomic E-state index is 3.73. The van der Waals surface area contributed by atoms with Crippen molar-refractivity contribution in [3.05, 3.63) is 0 Å². The van der Waals surface area contributed by atoms with Gasteiger partial charge < -0.3 is 5.32 Å². The van der Waals surface area contributed by atoms with Gasteiger partial charge in [0.25, 0.3) is 0 Å². The van der Waals surface area contributed by atoms with Crippen molar-refractivity contribution in [2.45, 2.75) is 52.0 Å². The average molecular weight is 181 g/mol. The molecule has 0 aliphatic heterocycles. The molecule has 13 heavy (non-hydrogen) atoms. The van der Waals surface area contributed by atoms with Crippen LogP contribution in [0.4, 0.5) is 0 Å². The summed E-state index contributed by atoms with van der Waals surface area (Å²) in [5, 5.41) is 3.73. The highest BCUT2D eigenvalue weighted by Crippen LogP contribution is 2.45. The minimum absolute atomic E-state index is 0.863. The average Bonchev–Trinajstić information content (AvgIpc) is 2.96. The van der Waals surface area contributed by atoms with E-state index >= 15 is 0 Å². The van der Waals surface area contributed by atoms with Gasteiger partial charge in [-0.2, -0.15) is 0 Å². The number of hydrogen-bond acceptors (Lipinski definition) is 1. The minimum atomic E-state index is 0.863. The molecule has 0 amide bonds. The quantitative estimate of drug-likeness (QED) is 0.664. The van der Waals surface area contributed by atoms with Gasteiger partial charge >= 0.3 is 0 Å². The third-order valence-electron chi connectivity index (χ3n) is 3.63. The molecule has 1 heteroatoms. The molecule has 1 nitrogen and oxygen atoms in total. The lowest BCUT2D eigenvalue weighted by Gasteiger charge is -2.17. The first-order valence-electron chi connectivity index (χ1n) is 6.04. The summed E-state index contributed by atoms with van der Waals surface area (Å²) in [6.07, 6.45) is 7.24. The third kappa shape index (κ3) is 2.70. The van der Waals surface area contributed by atoms with Gasteiger partial charge in [0.1, 0.15) is 0 Å². The van der Waals surface area contributed by atoms with E-state index in [1.807, 2.05) is 0 Å². The molecule has 0 radical (unpaired) electrons. The highest BCUT2D eigenvalue weighted by molar-refractivity contribution is 4.94. The van der Waals surface area contributed by atoms with Gasteiger partial charge in [-0.3, -0.25) is 0 Å². The largest absolute Gasteiger partial charge is 0.314 e. The van der Waals surface area contributed by atoms with Crippen molar-refractivity contribution in [3.8, 4) is 0 Å². The highest BCUT2D eigenvalue weighted by atomic mass is 14.9. The summed E-state index contributed by atoms with van der Waals surface area (Å²) in [5.74, 6) is 3.11. The molecule has 2 aliphatic carbocycles. The van der Waals surface area contributed by atoms with Crippen LogP contribution >= 0.6 is 0 Å². The molecule has 0 heterocycles. The molecule has 2 saturated carbocycles. The van der Waals surface area contributed by atoms with E-state index in [4.69, 9.17) is 0 Å². The van der Waals surface area contributed by atoms with Gasteiger partial charge in [0, 0.05) is 6.04 Å². The molecule has 2 aliphatic rings. The van der Waals surface area contributed by atoms with Gasteiger partial charge in [0.15, 0.2) is 0 Å². The van der Waals surface area contributed by atoms with Crippen LogP contribution in [0, 0.1) is 17.8 Å². The van der Waals surface area contributed by atoms with Crippen LogP contribution in [0.5, 0.6) is 0 Å². The maximum Gasteiger partial charge on any atom is 0.0101 e. The van der Waals surface area contributed by atoms with E-state index in [1.54, 1.807) is 0 Å². The van der Waals surface area contributed by atoms with Crippen LogP contribution < -0.4 is 5.32 Å². The fourth-order valence-corrected chi connectivity index (χ4v) is 2.36. The summed E-state index contributed by atoms with van der Waals surface area (Å²) >= 11 is 0. The lowest BCUT2D eigenvalue weighted by atomic mass is 10.0. The van der Waals surface area contributed by atoms with Crippen LogP contribution in [-0.2, 0) is 0 Å². The topological polar surface area (TPSA) is 12.0 Å². The van der Waals surface area contributed by atoms with Gasteiger partial charge in [-0.05, 0) is 43.6 Å². The van der Waals surface area contributed by atoms with E-state index in [1.165, 1.54) is 38.6 Å². The van der Waals surface area contributed by atoms with Crippen molar-refractivity contribution in [3.63, 3.8) is 0 Å². The molecule has 1 N–H and O–H groups in total. The van der Waals surface area contributed by atoms with Crippen molar-refractivity contribution in [1.29, 1.82) is 0 Å². The fourth-order valence-electron chi connectivity index (χ4n) is 2.36. The van der Waals surface area contributed by atoms with E-state index in [2.05, 4.69) is 19.2 Å². The molecule has 3 atom stereocenters. The highest BCUT2D eigenvalue weighted by Gasteiger charge is 2.41. The second-order valence-corrected chi connectivity index (χ2v) is 5.12. The molecule has 2 fully saturated rings. The molecule has 0 aromatic rings. The Morgan fingerprint density at radius 1 is 1.38 bits per heavy atom. The number of rotatable bonds is 6. The molecule has 0 saturated heterocycles. The Balaban J connectivity index is 1.72. The van der Waals surface area contributed by atoms with Crippen molar-refractivity contribution >= 4 is 0 Å². The Bertz CT molecular complexity index is 163. The molecule has 0 aromatic carbocycles. The van der Waals surface area contributed by atoms with Crippen molar-refractivity contribution in [2.24, 2.45) is 17.8 Å². The normalized spacial score (nSPS) is 34.6. The van der Waals surface area contributed by atoms with Crippen LogP contribution in [-0.4, -0.2) is 12.6 Å². The third-order valence-corrected chi connectivity index (χ3v) is 3.63. The molecule has 2 rings (SSSR count). The predicted molar refractivity (Wildman–Crippen MR) is 56.7 cm³/mol. The second kappa shape index (κ2) is 4.00. The molecule has 0 aromatic heterocycles. The van der Waals surface area contributed by atoms with Crippen molar-refractivity contribution < 1.29 is 0 Å². The van der Waals surface area contributed by atoms with Gasteiger partial charge in [-0.15, -0.1) is 0 Å². The van der Waals surface area contributed by atoms with E-state index in [0.29, 0.717) is 0 Å². The first kappa shape index (κ1) is 9.51. The predicted octanol–water partition coefficient (Wildman–Crippen LogP) is 2.81. The van der Waals surface area contributed by atoms with Gasteiger partial charge in [0.05, 0.1) is 0 Å². The zero-order valence-electron chi connectivity index (χ0n) is 9.05. The fraction of sp³-hybridized carbons (Fsp3) is 1.00. The van der Waals surface area contributed by atoms with Crippen LogP contribution in [0.25, 0.3) is 0 Å². The van der Waals surface area contributed by atoms with E-state index in [-0.39, 0.29) is 0 Å². The first-order chi connectivity index (χ1) is 6.31. The van der Waals surface area contributed by atoms with Crippen LogP contribution in [0.1, 0.15) is 46.0 Å². The van der Waals surface area contributed by atoms with Gasteiger partial charge in [-0.25, -0.2) is 0 Å². The Labute approximate surface area is 82.3 Å². The van der Waals surface area contributed by atoms with Crippen molar-refractivity contribution in [2.75, 3.05) is 6.54 Å². The van der Waals surface area contributed by atoms with Gasteiger partial charge in [-0.1, -0.05) is 26.7 Å². The first-order valence-corrected chi connectivity index (χ1v) is 6.04. The van der Waals surface area contributed by atoms with E-state index in [9.17, 15) is 0 Å². The summed E-state index contributed by atoms with van der Waals surface area (Å²) in [4.78, 5) is 0. The summed E-state index contributed by atoms with van der Waals surface area (Å²) in [6, 6.07) is 0.863. The Morgan fingerprint density at radius 2 is 2.08 bits per heavy atom. The maximum atomic E-state index is 3.73. The summed E-state index contributed by atoms with van der Waals surface area (Å²) in [6.45, 7) is 5.89. The van der Waals surface area contributed by atoms with E-state index < -0.39 is 0 Å². The van der Waals surface area contributed by atoms with Crippen molar-refractivity contribution in [1.82, 2.24) is 5.32 Å². The Hall–Kier alpha value is -0.0400. The summed E-state index contributed by atoms with van der Waals surface area (Å²) in [5.41, 5.74) is 0.